The Labute approximate surface area is 163 Å². The minimum Gasteiger partial charge on any atom is -0.292 e. The van der Waals surface area contributed by atoms with Gasteiger partial charge in [-0.3, -0.25) is 19.1 Å². The first-order valence-corrected chi connectivity index (χ1v) is 9.87. The van der Waals surface area contributed by atoms with Crippen molar-refractivity contribution in [3.63, 3.8) is 0 Å². The lowest BCUT2D eigenvalue weighted by atomic mass is 9.93. The van der Waals surface area contributed by atoms with Crippen molar-refractivity contribution in [3.8, 4) is 0 Å². The van der Waals surface area contributed by atoms with Crippen molar-refractivity contribution >= 4 is 22.6 Å². The van der Waals surface area contributed by atoms with E-state index < -0.39 is 6.04 Å². The van der Waals surface area contributed by atoms with Crippen LogP contribution in [0.15, 0.2) is 59.8 Å². The van der Waals surface area contributed by atoms with Gasteiger partial charge >= 0.3 is 0 Å². The number of amides is 1. The molecule has 28 heavy (non-hydrogen) atoms. The van der Waals surface area contributed by atoms with Crippen LogP contribution in [0.2, 0.25) is 0 Å². The third kappa shape index (κ3) is 3.42. The Morgan fingerprint density at radius 3 is 2.57 bits per heavy atom. The van der Waals surface area contributed by atoms with Crippen molar-refractivity contribution in [3.05, 3.63) is 65.3 Å². The fourth-order valence-electron chi connectivity index (χ4n) is 3.99. The third-order valence-electron chi connectivity index (χ3n) is 5.54. The molecule has 0 spiro atoms. The number of para-hydroxylation sites is 1. The first-order valence-electron chi connectivity index (χ1n) is 9.87. The van der Waals surface area contributed by atoms with E-state index in [-0.39, 0.29) is 17.5 Å². The number of aromatic nitrogens is 3. The molecule has 1 amide bonds. The SMILES string of the molecule is C[C@@H](C(=O)N(c1ccccn1)C1CCCCC1)n1cnc2ccccc2c1=O. The van der Waals surface area contributed by atoms with Gasteiger partial charge in [-0.1, -0.05) is 37.5 Å². The number of pyridine rings is 1. The van der Waals surface area contributed by atoms with Gasteiger partial charge in [0.25, 0.3) is 11.5 Å². The number of fused-ring (bicyclic) bond motifs is 1. The fraction of sp³-hybridized carbons (Fsp3) is 0.364. The number of hydrogen-bond acceptors (Lipinski definition) is 4. The zero-order valence-corrected chi connectivity index (χ0v) is 16.0. The Hall–Kier alpha value is -3.02. The molecule has 0 bridgehead atoms. The molecule has 1 aliphatic rings. The molecule has 3 aromatic rings. The molecular formula is C22H24N4O2. The monoisotopic (exact) mass is 376 g/mol. The van der Waals surface area contributed by atoms with Crippen molar-refractivity contribution in [2.45, 2.75) is 51.1 Å². The third-order valence-corrected chi connectivity index (χ3v) is 5.54. The maximum absolute atomic E-state index is 13.5. The molecule has 6 heteroatoms. The van der Waals surface area contributed by atoms with Gasteiger partial charge in [-0.25, -0.2) is 9.97 Å². The van der Waals surface area contributed by atoms with Gasteiger partial charge in [-0.15, -0.1) is 0 Å². The topological polar surface area (TPSA) is 68.1 Å². The minimum absolute atomic E-state index is 0.114. The molecule has 6 nitrogen and oxygen atoms in total. The maximum atomic E-state index is 13.5. The zero-order valence-electron chi connectivity index (χ0n) is 16.0. The summed E-state index contributed by atoms with van der Waals surface area (Å²) in [5.41, 5.74) is 0.438. The number of carbonyl (C=O) groups excluding carboxylic acids is 1. The van der Waals surface area contributed by atoms with E-state index in [9.17, 15) is 9.59 Å². The number of hydrogen-bond donors (Lipinski definition) is 0. The molecule has 0 saturated heterocycles. The van der Waals surface area contributed by atoms with Gasteiger partial charge in [-0.05, 0) is 44.0 Å². The summed E-state index contributed by atoms with van der Waals surface area (Å²) in [6.45, 7) is 1.76. The lowest BCUT2D eigenvalue weighted by Gasteiger charge is -2.35. The van der Waals surface area contributed by atoms with Crippen LogP contribution in [0, 0.1) is 0 Å². The molecule has 2 heterocycles. The fourth-order valence-corrected chi connectivity index (χ4v) is 3.99. The largest absolute Gasteiger partial charge is 0.292 e. The quantitative estimate of drug-likeness (QED) is 0.696. The summed E-state index contributed by atoms with van der Waals surface area (Å²) in [5.74, 6) is 0.526. The van der Waals surface area contributed by atoms with E-state index in [2.05, 4.69) is 9.97 Å². The summed E-state index contributed by atoms with van der Waals surface area (Å²) < 4.78 is 1.43. The van der Waals surface area contributed by atoms with Crippen LogP contribution < -0.4 is 10.5 Å². The van der Waals surface area contributed by atoms with E-state index in [4.69, 9.17) is 0 Å². The Balaban J connectivity index is 1.72. The standard InChI is InChI=1S/C22H24N4O2/c1-16(25-15-24-19-12-6-5-11-18(19)22(25)28)21(27)26(17-9-3-2-4-10-17)20-13-7-8-14-23-20/h5-8,11-17H,2-4,9-10H2,1H3/t16-/m0/s1. The Kier molecular flexibility index (Phi) is 5.19. The van der Waals surface area contributed by atoms with Crippen LogP contribution in [0.5, 0.6) is 0 Å². The molecule has 1 aliphatic carbocycles. The van der Waals surface area contributed by atoms with Crippen molar-refractivity contribution in [1.29, 1.82) is 0 Å². The molecule has 1 saturated carbocycles. The zero-order chi connectivity index (χ0) is 19.5. The highest BCUT2D eigenvalue weighted by Gasteiger charge is 2.31. The van der Waals surface area contributed by atoms with Gasteiger partial charge in [0.05, 0.1) is 17.2 Å². The summed E-state index contributed by atoms with van der Waals surface area (Å²) in [5, 5.41) is 0.520. The number of rotatable bonds is 4. The molecule has 0 radical (unpaired) electrons. The van der Waals surface area contributed by atoms with Crippen LogP contribution >= 0.6 is 0 Å². The Morgan fingerprint density at radius 2 is 1.82 bits per heavy atom. The second-order valence-corrected chi connectivity index (χ2v) is 7.34. The van der Waals surface area contributed by atoms with Crippen LogP contribution in [0.25, 0.3) is 10.9 Å². The van der Waals surface area contributed by atoms with Crippen molar-refractivity contribution in [2.75, 3.05) is 4.90 Å². The second-order valence-electron chi connectivity index (χ2n) is 7.34. The highest BCUT2D eigenvalue weighted by Crippen LogP contribution is 2.28. The van der Waals surface area contributed by atoms with E-state index in [1.807, 2.05) is 30.3 Å². The molecule has 1 fully saturated rings. The van der Waals surface area contributed by atoms with E-state index in [0.29, 0.717) is 16.7 Å². The molecule has 0 N–H and O–H groups in total. The second kappa shape index (κ2) is 7.92. The van der Waals surface area contributed by atoms with E-state index >= 15 is 0 Å². The first-order chi connectivity index (χ1) is 13.7. The Morgan fingerprint density at radius 1 is 1.07 bits per heavy atom. The van der Waals surface area contributed by atoms with Gasteiger partial charge < -0.3 is 0 Å². The number of carbonyl (C=O) groups is 1. The minimum atomic E-state index is -0.659. The van der Waals surface area contributed by atoms with E-state index in [1.54, 1.807) is 30.2 Å². The van der Waals surface area contributed by atoms with Crippen molar-refractivity contribution < 1.29 is 4.79 Å². The van der Waals surface area contributed by atoms with Crippen LogP contribution in [0.3, 0.4) is 0 Å². The van der Waals surface area contributed by atoms with Gasteiger partial charge in [-0.2, -0.15) is 0 Å². The van der Waals surface area contributed by atoms with E-state index in [0.717, 1.165) is 25.7 Å². The van der Waals surface area contributed by atoms with Crippen LogP contribution in [-0.4, -0.2) is 26.5 Å². The van der Waals surface area contributed by atoms with Crippen molar-refractivity contribution in [1.82, 2.24) is 14.5 Å². The molecule has 0 aliphatic heterocycles. The lowest BCUT2D eigenvalue weighted by Crippen LogP contribution is -2.46. The van der Waals surface area contributed by atoms with Gasteiger partial charge in [0.1, 0.15) is 11.9 Å². The van der Waals surface area contributed by atoms with Gasteiger partial charge in [0, 0.05) is 12.2 Å². The first kappa shape index (κ1) is 18.3. The molecule has 0 unspecified atom stereocenters. The number of benzene rings is 1. The van der Waals surface area contributed by atoms with Crippen molar-refractivity contribution in [2.24, 2.45) is 0 Å². The summed E-state index contributed by atoms with van der Waals surface area (Å²) in [7, 11) is 0. The predicted octanol–water partition coefficient (Wildman–Crippen LogP) is 3.72. The number of nitrogens with zero attached hydrogens (tertiary/aromatic N) is 4. The van der Waals surface area contributed by atoms with Crippen LogP contribution in [0.1, 0.15) is 45.1 Å². The smallest absolute Gasteiger partial charge is 0.261 e. The highest BCUT2D eigenvalue weighted by molar-refractivity contribution is 5.95. The van der Waals surface area contributed by atoms with Gasteiger partial charge in [0.2, 0.25) is 0 Å². The molecule has 1 atom stereocenters. The summed E-state index contributed by atoms with van der Waals surface area (Å²) >= 11 is 0. The maximum Gasteiger partial charge on any atom is 0.261 e. The Bertz CT molecular complexity index is 1030. The molecule has 2 aromatic heterocycles. The molecule has 4 rings (SSSR count). The highest BCUT2D eigenvalue weighted by atomic mass is 16.2. The molecule has 1 aromatic carbocycles. The average Bonchev–Trinajstić information content (AvgIpc) is 2.75. The summed E-state index contributed by atoms with van der Waals surface area (Å²) in [6.07, 6.45) is 8.50. The van der Waals surface area contributed by atoms with Crippen LogP contribution in [0.4, 0.5) is 5.82 Å². The number of anilines is 1. The lowest BCUT2D eigenvalue weighted by molar-refractivity contribution is -0.122. The van der Waals surface area contributed by atoms with Crippen LogP contribution in [-0.2, 0) is 4.79 Å². The summed E-state index contributed by atoms with van der Waals surface area (Å²) in [4.78, 5) is 37.1. The average molecular weight is 376 g/mol. The molecular weight excluding hydrogens is 352 g/mol. The predicted molar refractivity (Wildman–Crippen MR) is 109 cm³/mol. The normalized spacial score (nSPS) is 16.0. The van der Waals surface area contributed by atoms with Gasteiger partial charge in [0.15, 0.2) is 0 Å². The summed E-state index contributed by atoms with van der Waals surface area (Å²) in [6, 6.07) is 12.3. The van der Waals surface area contributed by atoms with E-state index in [1.165, 1.54) is 17.3 Å². The molecule has 144 valence electrons.